The fourth-order valence-electron chi connectivity index (χ4n) is 2.40. The van der Waals surface area contributed by atoms with E-state index >= 15 is 0 Å². The molecule has 18 heavy (non-hydrogen) atoms. The van der Waals surface area contributed by atoms with Crippen molar-refractivity contribution in [2.75, 3.05) is 38.0 Å². The van der Waals surface area contributed by atoms with Crippen molar-refractivity contribution in [3.63, 3.8) is 0 Å². The first kappa shape index (κ1) is 13.4. The zero-order valence-electron chi connectivity index (χ0n) is 11.6. The third-order valence-electron chi connectivity index (χ3n) is 3.72. The Hall–Kier alpha value is -1.06. The summed E-state index contributed by atoms with van der Waals surface area (Å²) in [4.78, 5) is 2.58. The van der Waals surface area contributed by atoms with Gasteiger partial charge in [-0.3, -0.25) is 4.90 Å². The molecule has 0 saturated carbocycles. The SMILES string of the molecule is Cc1ccc(NCCC(C)N2CCNCC2)cc1. The van der Waals surface area contributed by atoms with E-state index < -0.39 is 0 Å². The van der Waals surface area contributed by atoms with Gasteiger partial charge in [-0.2, -0.15) is 0 Å². The first-order valence-corrected chi connectivity index (χ1v) is 7.01. The molecular weight excluding hydrogens is 222 g/mol. The van der Waals surface area contributed by atoms with E-state index in [-0.39, 0.29) is 0 Å². The largest absolute Gasteiger partial charge is 0.385 e. The molecule has 3 heteroatoms. The lowest BCUT2D eigenvalue weighted by Crippen LogP contribution is -2.47. The summed E-state index contributed by atoms with van der Waals surface area (Å²) in [6.07, 6.45) is 1.20. The Morgan fingerprint density at radius 2 is 1.89 bits per heavy atom. The summed E-state index contributed by atoms with van der Waals surface area (Å²) in [5.41, 5.74) is 2.54. The molecular formula is C15H25N3. The van der Waals surface area contributed by atoms with Crippen LogP contribution < -0.4 is 10.6 Å². The minimum atomic E-state index is 0.671. The molecule has 3 nitrogen and oxygen atoms in total. The summed E-state index contributed by atoms with van der Waals surface area (Å²) in [5, 5.41) is 6.90. The second-order valence-corrected chi connectivity index (χ2v) is 5.22. The van der Waals surface area contributed by atoms with Crippen LogP contribution in [0, 0.1) is 6.92 Å². The van der Waals surface area contributed by atoms with Gasteiger partial charge in [0.05, 0.1) is 0 Å². The predicted octanol–water partition coefficient (Wildman–Crippen LogP) is 2.09. The van der Waals surface area contributed by atoms with Crippen LogP contribution in [0.2, 0.25) is 0 Å². The molecule has 1 aliphatic rings. The van der Waals surface area contributed by atoms with Crippen molar-refractivity contribution in [2.24, 2.45) is 0 Å². The van der Waals surface area contributed by atoms with Gasteiger partial charge in [-0.15, -0.1) is 0 Å². The summed E-state index contributed by atoms with van der Waals surface area (Å²) >= 11 is 0. The van der Waals surface area contributed by atoms with Crippen LogP contribution in [0.15, 0.2) is 24.3 Å². The van der Waals surface area contributed by atoms with Crippen molar-refractivity contribution in [3.8, 4) is 0 Å². The molecule has 100 valence electrons. The Bertz CT molecular complexity index is 341. The van der Waals surface area contributed by atoms with Crippen molar-refractivity contribution in [1.82, 2.24) is 10.2 Å². The van der Waals surface area contributed by atoms with Gasteiger partial charge in [0.15, 0.2) is 0 Å². The minimum absolute atomic E-state index is 0.671. The van der Waals surface area contributed by atoms with Crippen LogP contribution in [-0.4, -0.2) is 43.7 Å². The second kappa shape index (κ2) is 6.76. The smallest absolute Gasteiger partial charge is 0.0340 e. The summed E-state index contributed by atoms with van der Waals surface area (Å²) in [6, 6.07) is 9.30. The fraction of sp³-hybridized carbons (Fsp3) is 0.600. The average molecular weight is 247 g/mol. The summed E-state index contributed by atoms with van der Waals surface area (Å²) in [6.45, 7) is 10.1. The van der Waals surface area contributed by atoms with Crippen LogP contribution in [0.5, 0.6) is 0 Å². The van der Waals surface area contributed by atoms with Gasteiger partial charge in [-0.05, 0) is 32.4 Å². The van der Waals surface area contributed by atoms with E-state index in [1.807, 2.05) is 0 Å². The third kappa shape index (κ3) is 4.00. The maximum Gasteiger partial charge on any atom is 0.0340 e. The van der Waals surface area contributed by atoms with Crippen LogP contribution in [-0.2, 0) is 0 Å². The Kier molecular flexibility index (Phi) is 5.02. The number of aryl methyl sites for hydroxylation is 1. The van der Waals surface area contributed by atoms with E-state index in [1.54, 1.807) is 0 Å². The lowest BCUT2D eigenvalue weighted by Gasteiger charge is -2.32. The van der Waals surface area contributed by atoms with Gasteiger partial charge in [0, 0.05) is 44.5 Å². The van der Waals surface area contributed by atoms with Gasteiger partial charge < -0.3 is 10.6 Å². The minimum Gasteiger partial charge on any atom is -0.385 e. The molecule has 1 heterocycles. The molecule has 1 unspecified atom stereocenters. The standard InChI is InChI=1S/C15H25N3/c1-13-3-5-15(6-4-13)17-8-7-14(2)18-11-9-16-10-12-18/h3-6,14,16-17H,7-12H2,1-2H3. The third-order valence-corrected chi connectivity index (χ3v) is 3.72. The molecule has 1 fully saturated rings. The van der Waals surface area contributed by atoms with Crippen LogP contribution in [0.3, 0.4) is 0 Å². The maximum atomic E-state index is 3.50. The summed E-state index contributed by atoms with van der Waals surface area (Å²) in [5.74, 6) is 0. The van der Waals surface area contributed by atoms with Crippen molar-refractivity contribution >= 4 is 5.69 Å². The zero-order chi connectivity index (χ0) is 12.8. The monoisotopic (exact) mass is 247 g/mol. The number of hydrogen-bond donors (Lipinski definition) is 2. The van der Waals surface area contributed by atoms with Crippen molar-refractivity contribution in [2.45, 2.75) is 26.3 Å². The lowest BCUT2D eigenvalue weighted by molar-refractivity contribution is 0.179. The number of nitrogens with one attached hydrogen (secondary N) is 2. The van der Waals surface area contributed by atoms with E-state index in [2.05, 4.69) is 53.6 Å². The highest BCUT2D eigenvalue weighted by Crippen LogP contribution is 2.10. The molecule has 0 amide bonds. The molecule has 1 saturated heterocycles. The van der Waals surface area contributed by atoms with Crippen LogP contribution >= 0.6 is 0 Å². The van der Waals surface area contributed by atoms with Gasteiger partial charge in [0.25, 0.3) is 0 Å². The molecule has 0 bridgehead atoms. The lowest BCUT2D eigenvalue weighted by atomic mass is 10.1. The van der Waals surface area contributed by atoms with E-state index in [0.29, 0.717) is 6.04 Å². The molecule has 1 aromatic rings. The maximum absolute atomic E-state index is 3.50. The molecule has 0 aliphatic carbocycles. The molecule has 1 aliphatic heterocycles. The van der Waals surface area contributed by atoms with Crippen LogP contribution in [0.1, 0.15) is 18.9 Å². The predicted molar refractivity (Wildman–Crippen MR) is 78.2 cm³/mol. The van der Waals surface area contributed by atoms with Gasteiger partial charge >= 0.3 is 0 Å². The van der Waals surface area contributed by atoms with E-state index in [0.717, 1.165) is 19.6 Å². The van der Waals surface area contributed by atoms with Gasteiger partial charge in [0.2, 0.25) is 0 Å². The molecule has 0 aromatic heterocycles. The molecule has 1 aromatic carbocycles. The zero-order valence-corrected chi connectivity index (χ0v) is 11.6. The van der Waals surface area contributed by atoms with Gasteiger partial charge in [-0.25, -0.2) is 0 Å². The number of hydrogen-bond acceptors (Lipinski definition) is 3. The van der Waals surface area contributed by atoms with Crippen molar-refractivity contribution < 1.29 is 0 Å². The quantitative estimate of drug-likeness (QED) is 0.834. The first-order valence-electron chi connectivity index (χ1n) is 7.01. The van der Waals surface area contributed by atoms with E-state index in [4.69, 9.17) is 0 Å². The molecule has 0 spiro atoms. The summed E-state index contributed by atoms with van der Waals surface area (Å²) < 4.78 is 0. The second-order valence-electron chi connectivity index (χ2n) is 5.22. The molecule has 0 radical (unpaired) electrons. The number of rotatable bonds is 5. The van der Waals surface area contributed by atoms with Crippen LogP contribution in [0.4, 0.5) is 5.69 Å². The number of benzene rings is 1. The van der Waals surface area contributed by atoms with E-state index in [1.165, 1.54) is 30.8 Å². The van der Waals surface area contributed by atoms with Crippen molar-refractivity contribution in [1.29, 1.82) is 0 Å². The highest BCUT2D eigenvalue weighted by atomic mass is 15.2. The highest BCUT2D eigenvalue weighted by molar-refractivity contribution is 5.44. The average Bonchev–Trinajstić information content (AvgIpc) is 2.42. The number of piperazine rings is 1. The Balaban J connectivity index is 1.69. The molecule has 1 atom stereocenters. The van der Waals surface area contributed by atoms with Crippen LogP contribution in [0.25, 0.3) is 0 Å². The van der Waals surface area contributed by atoms with E-state index in [9.17, 15) is 0 Å². The fourth-order valence-corrected chi connectivity index (χ4v) is 2.40. The highest BCUT2D eigenvalue weighted by Gasteiger charge is 2.15. The number of anilines is 1. The summed E-state index contributed by atoms with van der Waals surface area (Å²) in [7, 11) is 0. The van der Waals surface area contributed by atoms with Crippen molar-refractivity contribution in [3.05, 3.63) is 29.8 Å². The first-order chi connectivity index (χ1) is 8.75. The molecule has 2 rings (SSSR count). The topological polar surface area (TPSA) is 27.3 Å². The Morgan fingerprint density at radius 1 is 1.22 bits per heavy atom. The molecule has 2 N–H and O–H groups in total. The Labute approximate surface area is 111 Å². The van der Waals surface area contributed by atoms with Gasteiger partial charge in [-0.1, -0.05) is 17.7 Å². The van der Waals surface area contributed by atoms with Gasteiger partial charge in [0.1, 0.15) is 0 Å². The number of nitrogens with zero attached hydrogens (tertiary/aromatic N) is 1. The Morgan fingerprint density at radius 3 is 2.56 bits per heavy atom. The normalized spacial score (nSPS) is 18.6.